The molecular weight excluding hydrogens is 290 g/mol. The number of aliphatic hydroxyl groups excluding tert-OH is 1. The number of nitrogens with zero attached hydrogens (tertiary/aromatic N) is 2. The fraction of sp³-hybridized carbons (Fsp3) is 0.500. The predicted octanol–water partition coefficient (Wildman–Crippen LogP) is 2.32. The maximum Gasteiger partial charge on any atom is 0.311 e. The summed E-state index contributed by atoms with van der Waals surface area (Å²) in [4.78, 5) is 14.1. The molecule has 1 aromatic rings. The summed E-state index contributed by atoms with van der Waals surface area (Å²) in [6, 6.07) is 0. The van der Waals surface area contributed by atoms with Gasteiger partial charge in [0, 0.05) is 6.20 Å². The third-order valence-corrected chi connectivity index (χ3v) is 3.17. The quantitative estimate of drug-likeness (QED) is 0.658. The van der Waals surface area contributed by atoms with Crippen molar-refractivity contribution in [3.8, 4) is 0 Å². The summed E-state index contributed by atoms with van der Waals surface area (Å²) in [7, 11) is 0. The Bertz CT molecular complexity index is 435. The van der Waals surface area contributed by atoms with Gasteiger partial charge in [0.1, 0.15) is 11.9 Å². The highest BCUT2D eigenvalue weighted by atomic mass is 79.9. The monoisotopic (exact) mass is 303 g/mol. The van der Waals surface area contributed by atoms with Gasteiger partial charge >= 0.3 is 5.69 Å². The van der Waals surface area contributed by atoms with Crippen molar-refractivity contribution in [1.29, 1.82) is 0 Å². The van der Waals surface area contributed by atoms with Crippen LogP contribution in [0.4, 0.5) is 11.4 Å². The second kappa shape index (κ2) is 4.97. The number of hydrogen-bond acceptors (Lipinski definition) is 5. The lowest BCUT2D eigenvalue weighted by molar-refractivity contribution is -0.384. The number of anilines is 1. The molecule has 6 nitrogen and oxygen atoms in total. The van der Waals surface area contributed by atoms with Crippen LogP contribution in [0.3, 0.4) is 0 Å². The smallest absolute Gasteiger partial charge is 0.311 e. The van der Waals surface area contributed by atoms with Gasteiger partial charge in [-0.3, -0.25) is 15.1 Å². The van der Waals surface area contributed by atoms with E-state index >= 15 is 0 Å². The van der Waals surface area contributed by atoms with E-state index in [1.165, 1.54) is 12.4 Å². The van der Waals surface area contributed by atoms with Crippen LogP contribution in [0.25, 0.3) is 0 Å². The highest BCUT2D eigenvalue weighted by Crippen LogP contribution is 2.33. The van der Waals surface area contributed by atoms with Crippen LogP contribution < -0.4 is 5.32 Å². The zero-order valence-electron chi connectivity index (χ0n) is 9.77. The van der Waals surface area contributed by atoms with E-state index < -0.39 is 16.6 Å². The van der Waals surface area contributed by atoms with Crippen molar-refractivity contribution in [2.75, 3.05) is 5.32 Å². The summed E-state index contributed by atoms with van der Waals surface area (Å²) in [6.07, 6.45) is 1.97. The summed E-state index contributed by atoms with van der Waals surface area (Å²) >= 11 is 3.21. The van der Waals surface area contributed by atoms with Gasteiger partial charge < -0.3 is 10.4 Å². The average molecular weight is 304 g/mol. The van der Waals surface area contributed by atoms with Crippen LogP contribution in [0.1, 0.15) is 20.8 Å². The Morgan fingerprint density at radius 2 is 2.18 bits per heavy atom. The number of rotatable bonds is 4. The fourth-order valence-corrected chi connectivity index (χ4v) is 1.53. The highest BCUT2D eigenvalue weighted by molar-refractivity contribution is 9.10. The second-order valence-electron chi connectivity index (χ2n) is 4.30. The van der Waals surface area contributed by atoms with Crippen LogP contribution in [0.5, 0.6) is 0 Å². The normalized spacial score (nSPS) is 13.2. The number of aromatic nitrogens is 1. The van der Waals surface area contributed by atoms with Crippen molar-refractivity contribution in [2.24, 2.45) is 0 Å². The van der Waals surface area contributed by atoms with Crippen molar-refractivity contribution in [2.45, 2.75) is 32.4 Å². The number of hydrogen-bond donors (Lipinski definition) is 2. The van der Waals surface area contributed by atoms with Crippen LogP contribution >= 0.6 is 15.9 Å². The average Bonchev–Trinajstić information content (AvgIpc) is 2.20. The summed E-state index contributed by atoms with van der Waals surface area (Å²) in [5, 5.41) is 23.4. The lowest BCUT2D eigenvalue weighted by Crippen LogP contribution is -2.42. The lowest BCUT2D eigenvalue weighted by atomic mass is 9.98. The molecule has 0 aliphatic heterocycles. The van der Waals surface area contributed by atoms with E-state index in [-0.39, 0.29) is 5.69 Å². The summed E-state index contributed by atoms with van der Waals surface area (Å²) in [5.74, 6) is 0. The Hall–Kier alpha value is -1.21. The van der Waals surface area contributed by atoms with E-state index in [9.17, 15) is 15.2 Å². The van der Waals surface area contributed by atoms with Crippen LogP contribution in [-0.2, 0) is 0 Å². The molecule has 1 unspecified atom stereocenters. The number of nitro groups is 1. The molecule has 0 aromatic carbocycles. The van der Waals surface area contributed by atoms with Crippen molar-refractivity contribution in [3.05, 3.63) is 27.0 Å². The number of pyridine rings is 1. The van der Waals surface area contributed by atoms with Crippen LogP contribution in [0.2, 0.25) is 0 Å². The molecule has 94 valence electrons. The Balaban J connectivity index is 3.18. The van der Waals surface area contributed by atoms with Crippen molar-refractivity contribution < 1.29 is 10.0 Å². The van der Waals surface area contributed by atoms with Gasteiger partial charge in [0.2, 0.25) is 0 Å². The first-order valence-corrected chi connectivity index (χ1v) is 5.79. The third kappa shape index (κ3) is 3.13. The van der Waals surface area contributed by atoms with Crippen molar-refractivity contribution in [1.82, 2.24) is 4.98 Å². The van der Waals surface area contributed by atoms with Crippen LogP contribution in [0.15, 0.2) is 16.9 Å². The largest absolute Gasteiger partial charge is 0.391 e. The molecule has 0 radical (unpaired) electrons. The van der Waals surface area contributed by atoms with E-state index in [4.69, 9.17) is 0 Å². The van der Waals surface area contributed by atoms with Gasteiger partial charge in [-0.05, 0) is 36.7 Å². The molecule has 0 fully saturated rings. The molecule has 0 spiro atoms. The van der Waals surface area contributed by atoms with E-state index in [2.05, 4.69) is 26.2 Å². The molecule has 0 aliphatic rings. The predicted molar refractivity (Wildman–Crippen MR) is 68.0 cm³/mol. The molecule has 0 saturated heterocycles. The summed E-state index contributed by atoms with van der Waals surface area (Å²) in [5.41, 5.74) is -0.502. The second-order valence-corrected chi connectivity index (χ2v) is 5.15. The minimum Gasteiger partial charge on any atom is -0.391 e. The van der Waals surface area contributed by atoms with Crippen LogP contribution in [0, 0.1) is 10.1 Å². The maximum atomic E-state index is 10.9. The fourth-order valence-electron chi connectivity index (χ4n) is 1.11. The van der Waals surface area contributed by atoms with E-state index in [1.807, 2.05) is 0 Å². The molecule has 1 aromatic heterocycles. The highest BCUT2D eigenvalue weighted by Gasteiger charge is 2.28. The first-order valence-electron chi connectivity index (χ1n) is 5.00. The van der Waals surface area contributed by atoms with E-state index in [0.717, 1.165) is 0 Å². The third-order valence-electron chi connectivity index (χ3n) is 2.57. The molecule has 17 heavy (non-hydrogen) atoms. The van der Waals surface area contributed by atoms with Gasteiger partial charge in [-0.25, -0.2) is 0 Å². The van der Waals surface area contributed by atoms with Gasteiger partial charge in [0.15, 0.2) is 0 Å². The molecular formula is C10H14BrN3O3. The van der Waals surface area contributed by atoms with E-state index in [1.54, 1.807) is 20.8 Å². The standard InChI is InChI=1S/C10H14BrN3O3/c1-6(15)10(2,3)13-9-7(11)4-12-5-8(9)14(16)17/h4-6,15H,1-3H3,(H,12,13). The van der Waals surface area contributed by atoms with E-state index in [0.29, 0.717) is 10.2 Å². The van der Waals surface area contributed by atoms with Gasteiger partial charge in [0.25, 0.3) is 0 Å². The molecule has 0 aliphatic carbocycles. The Labute approximate surface area is 107 Å². The van der Waals surface area contributed by atoms with Gasteiger partial charge in [0.05, 0.1) is 21.0 Å². The maximum absolute atomic E-state index is 10.9. The molecule has 0 amide bonds. The zero-order chi connectivity index (χ0) is 13.2. The van der Waals surface area contributed by atoms with Crippen LogP contribution in [-0.4, -0.2) is 26.7 Å². The molecule has 1 atom stereocenters. The first kappa shape index (κ1) is 13.9. The number of aliphatic hydroxyl groups is 1. The Kier molecular flexibility index (Phi) is 4.05. The minimum atomic E-state index is -0.686. The zero-order valence-corrected chi connectivity index (χ0v) is 11.4. The van der Waals surface area contributed by atoms with Gasteiger partial charge in [-0.2, -0.15) is 0 Å². The molecule has 1 heterocycles. The Morgan fingerprint density at radius 1 is 1.59 bits per heavy atom. The number of nitrogens with one attached hydrogen (secondary N) is 1. The molecule has 2 N–H and O–H groups in total. The SMILES string of the molecule is CC(O)C(C)(C)Nc1c(Br)cncc1[N+](=O)[O-]. The molecule has 1 rings (SSSR count). The molecule has 0 saturated carbocycles. The minimum absolute atomic E-state index is 0.131. The number of halogens is 1. The van der Waals surface area contributed by atoms with Crippen molar-refractivity contribution >= 4 is 27.3 Å². The van der Waals surface area contributed by atoms with Crippen molar-refractivity contribution in [3.63, 3.8) is 0 Å². The molecule has 7 heteroatoms. The summed E-state index contributed by atoms with van der Waals surface area (Å²) in [6.45, 7) is 5.14. The Morgan fingerprint density at radius 3 is 2.65 bits per heavy atom. The lowest BCUT2D eigenvalue weighted by Gasteiger charge is -2.30. The van der Waals surface area contributed by atoms with Gasteiger partial charge in [-0.1, -0.05) is 0 Å². The first-order chi connectivity index (χ1) is 7.75. The van der Waals surface area contributed by atoms with Gasteiger partial charge in [-0.15, -0.1) is 0 Å². The topological polar surface area (TPSA) is 88.3 Å². The molecule has 0 bridgehead atoms. The summed E-state index contributed by atoms with van der Waals surface area (Å²) < 4.78 is 0.487.